The molecular weight excluding hydrogens is 378 g/mol. The van der Waals surface area contributed by atoms with Crippen LogP contribution < -0.4 is 10.9 Å². The van der Waals surface area contributed by atoms with Gasteiger partial charge in [0.15, 0.2) is 6.10 Å². The van der Waals surface area contributed by atoms with Crippen molar-refractivity contribution >= 4 is 34.1 Å². The summed E-state index contributed by atoms with van der Waals surface area (Å²) < 4.78 is 5.17. The zero-order valence-electron chi connectivity index (χ0n) is 15.4. The molecule has 2 heterocycles. The lowest BCUT2D eigenvalue weighted by molar-refractivity contribution is -0.154. The number of ether oxygens (including phenoxy) is 1. The van der Waals surface area contributed by atoms with E-state index in [9.17, 15) is 14.4 Å². The average Bonchev–Trinajstić information content (AvgIpc) is 3.19. The molecule has 8 heteroatoms. The molecule has 0 aliphatic heterocycles. The lowest BCUT2D eigenvalue weighted by Crippen LogP contribution is -2.35. The number of para-hydroxylation sites is 1. The maximum atomic E-state index is 12.0. The van der Waals surface area contributed by atoms with Gasteiger partial charge < -0.3 is 15.0 Å². The van der Waals surface area contributed by atoms with E-state index in [1.54, 1.807) is 36.5 Å². The number of H-pyrrole nitrogens is 1. The molecule has 0 aliphatic rings. The summed E-state index contributed by atoms with van der Waals surface area (Å²) in [6, 6.07) is 10.9. The fraction of sp³-hybridized carbons (Fsp3) is 0.300. The number of nitrogens with one attached hydrogen (secondary N) is 2. The first-order chi connectivity index (χ1) is 13.5. The minimum atomic E-state index is -0.855. The number of aromatic amines is 1. The highest BCUT2D eigenvalue weighted by Gasteiger charge is 2.17. The number of carbonyl (C=O) groups is 2. The first kappa shape index (κ1) is 19.8. The number of thiophene rings is 1. The van der Waals surface area contributed by atoms with Crippen LogP contribution in [0.25, 0.3) is 10.9 Å². The van der Waals surface area contributed by atoms with E-state index in [-0.39, 0.29) is 17.9 Å². The largest absolute Gasteiger partial charge is 0.453 e. The lowest BCUT2D eigenvalue weighted by atomic mass is 10.2. The Kier molecular flexibility index (Phi) is 6.54. The molecule has 28 heavy (non-hydrogen) atoms. The Morgan fingerprint density at radius 1 is 1.25 bits per heavy atom. The van der Waals surface area contributed by atoms with E-state index in [2.05, 4.69) is 15.3 Å². The zero-order chi connectivity index (χ0) is 19.9. The minimum Gasteiger partial charge on any atom is -0.453 e. The smallest absolute Gasteiger partial charge is 0.306 e. The van der Waals surface area contributed by atoms with Gasteiger partial charge in [-0.25, -0.2) is 4.98 Å². The van der Waals surface area contributed by atoms with Crippen molar-refractivity contribution < 1.29 is 14.3 Å². The van der Waals surface area contributed by atoms with Crippen LogP contribution >= 0.6 is 11.3 Å². The van der Waals surface area contributed by atoms with Crippen molar-refractivity contribution in [1.29, 1.82) is 0 Å². The molecular formula is C20H21N3O4S. The number of hydrogen-bond donors (Lipinski definition) is 2. The fourth-order valence-corrected chi connectivity index (χ4v) is 3.34. The normalized spacial score (nSPS) is 11.9. The van der Waals surface area contributed by atoms with Crippen LogP contribution in [0.1, 0.15) is 30.5 Å². The van der Waals surface area contributed by atoms with Crippen LogP contribution in [0.2, 0.25) is 0 Å². The third kappa shape index (κ3) is 5.26. The number of aryl methyl sites for hydroxylation is 1. The van der Waals surface area contributed by atoms with E-state index >= 15 is 0 Å². The molecule has 0 radical (unpaired) electrons. The third-order valence-electron chi connectivity index (χ3n) is 4.15. The summed E-state index contributed by atoms with van der Waals surface area (Å²) in [4.78, 5) is 44.2. The third-order valence-corrected chi connectivity index (χ3v) is 5.03. The van der Waals surface area contributed by atoms with Crippen molar-refractivity contribution in [2.75, 3.05) is 0 Å². The molecule has 2 aromatic heterocycles. The number of rotatable bonds is 8. The Hall–Kier alpha value is -3.00. The topological polar surface area (TPSA) is 101 Å². The van der Waals surface area contributed by atoms with Gasteiger partial charge in [-0.15, -0.1) is 11.3 Å². The van der Waals surface area contributed by atoms with Crippen LogP contribution in [0.3, 0.4) is 0 Å². The fourth-order valence-electron chi connectivity index (χ4n) is 2.69. The van der Waals surface area contributed by atoms with Crippen molar-refractivity contribution in [2.45, 2.75) is 38.8 Å². The quantitative estimate of drug-likeness (QED) is 0.567. The van der Waals surface area contributed by atoms with Crippen LogP contribution in [0, 0.1) is 0 Å². The summed E-state index contributed by atoms with van der Waals surface area (Å²) in [6.45, 7) is 1.96. The summed E-state index contributed by atoms with van der Waals surface area (Å²) in [7, 11) is 0. The van der Waals surface area contributed by atoms with E-state index in [1.807, 2.05) is 23.6 Å². The maximum Gasteiger partial charge on any atom is 0.306 e. The van der Waals surface area contributed by atoms with Crippen LogP contribution in [-0.4, -0.2) is 27.9 Å². The van der Waals surface area contributed by atoms with E-state index in [0.29, 0.717) is 36.1 Å². The van der Waals surface area contributed by atoms with Gasteiger partial charge in [0.25, 0.3) is 11.5 Å². The molecule has 1 unspecified atom stereocenters. The number of esters is 1. The standard InChI is InChI=1S/C20H21N3O4S/c1-13(19(25)21-12-14-6-5-11-28-14)27-18(24)10-4-9-17-22-16-8-3-2-7-15(16)20(26)23-17/h2-3,5-8,11,13H,4,9-10,12H2,1H3,(H,21,25)(H,22,23,26). The van der Waals surface area contributed by atoms with Gasteiger partial charge in [-0.05, 0) is 36.9 Å². The van der Waals surface area contributed by atoms with Crippen molar-refractivity contribution in [1.82, 2.24) is 15.3 Å². The van der Waals surface area contributed by atoms with Gasteiger partial charge in [0, 0.05) is 17.7 Å². The number of nitrogens with zero attached hydrogens (tertiary/aromatic N) is 1. The molecule has 3 rings (SSSR count). The minimum absolute atomic E-state index is 0.138. The van der Waals surface area contributed by atoms with Crippen LogP contribution in [-0.2, 0) is 27.3 Å². The predicted molar refractivity (Wildman–Crippen MR) is 107 cm³/mol. The number of hydrogen-bond acceptors (Lipinski definition) is 6. The van der Waals surface area contributed by atoms with Crippen LogP contribution in [0.15, 0.2) is 46.6 Å². The van der Waals surface area contributed by atoms with Crippen molar-refractivity contribution in [3.63, 3.8) is 0 Å². The van der Waals surface area contributed by atoms with E-state index in [0.717, 1.165) is 4.88 Å². The molecule has 0 aliphatic carbocycles. The van der Waals surface area contributed by atoms with Gasteiger partial charge >= 0.3 is 5.97 Å². The molecule has 7 nitrogen and oxygen atoms in total. The SMILES string of the molecule is CC(OC(=O)CCCc1nc2ccccc2c(=O)[nH]1)C(=O)NCc1cccs1. The first-order valence-electron chi connectivity index (χ1n) is 9.00. The lowest BCUT2D eigenvalue weighted by Gasteiger charge is -2.13. The highest BCUT2D eigenvalue weighted by Crippen LogP contribution is 2.09. The molecule has 146 valence electrons. The molecule has 1 atom stereocenters. The van der Waals surface area contributed by atoms with Crippen LogP contribution in [0.5, 0.6) is 0 Å². The average molecular weight is 399 g/mol. The molecule has 1 amide bonds. The number of carbonyl (C=O) groups excluding carboxylic acids is 2. The number of fused-ring (bicyclic) bond motifs is 1. The van der Waals surface area contributed by atoms with Gasteiger partial charge in [0.2, 0.25) is 0 Å². The van der Waals surface area contributed by atoms with E-state index in [4.69, 9.17) is 4.74 Å². The molecule has 0 saturated carbocycles. The number of benzene rings is 1. The Morgan fingerprint density at radius 2 is 2.07 bits per heavy atom. The van der Waals surface area contributed by atoms with Crippen molar-refractivity contribution in [3.05, 3.63) is 62.8 Å². The zero-order valence-corrected chi connectivity index (χ0v) is 16.3. The summed E-state index contributed by atoms with van der Waals surface area (Å²) in [5, 5.41) is 5.21. The molecule has 2 N–H and O–H groups in total. The van der Waals surface area contributed by atoms with Crippen LogP contribution in [0.4, 0.5) is 0 Å². The second kappa shape index (κ2) is 9.27. The Labute approximate surface area is 165 Å². The van der Waals surface area contributed by atoms with Gasteiger partial charge in [0.1, 0.15) is 5.82 Å². The second-order valence-electron chi connectivity index (χ2n) is 6.31. The van der Waals surface area contributed by atoms with Crippen molar-refractivity contribution in [3.8, 4) is 0 Å². The van der Waals surface area contributed by atoms with Gasteiger partial charge in [-0.2, -0.15) is 0 Å². The molecule has 0 bridgehead atoms. The first-order valence-corrected chi connectivity index (χ1v) is 9.88. The Balaban J connectivity index is 1.44. The molecule has 3 aromatic rings. The molecule has 1 aromatic carbocycles. The maximum absolute atomic E-state index is 12.0. The van der Waals surface area contributed by atoms with E-state index < -0.39 is 12.1 Å². The highest BCUT2D eigenvalue weighted by atomic mass is 32.1. The monoisotopic (exact) mass is 399 g/mol. The number of amides is 1. The van der Waals surface area contributed by atoms with Gasteiger partial charge in [-0.1, -0.05) is 18.2 Å². The highest BCUT2D eigenvalue weighted by molar-refractivity contribution is 7.09. The van der Waals surface area contributed by atoms with Gasteiger partial charge in [-0.3, -0.25) is 14.4 Å². The summed E-state index contributed by atoms with van der Waals surface area (Å²) in [6.07, 6.45) is 0.183. The molecule has 0 fully saturated rings. The molecule has 0 spiro atoms. The summed E-state index contributed by atoms with van der Waals surface area (Å²) in [5.74, 6) is -0.262. The second-order valence-corrected chi connectivity index (χ2v) is 7.34. The van der Waals surface area contributed by atoms with E-state index in [1.165, 1.54) is 0 Å². The predicted octanol–water partition coefficient (Wildman–Crippen LogP) is 2.56. The Bertz CT molecular complexity index is 1010. The summed E-state index contributed by atoms with van der Waals surface area (Å²) >= 11 is 1.55. The van der Waals surface area contributed by atoms with Gasteiger partial charge in [0.05, 0.1) is 17.4 Å². The van der Waals surface area contributed by atoms with Crippen molar-refractivity contribution in [2.24, 2.45) is 0 Å². The summed E-state index contributed by atoms with van der Waals surface area (Å²) in [5.41, 5.74) is 0.430. The Morgan fingerprint density at radius 3 is 2.86 bits per heavy atom. The number of aromatic nitrogens is 2. The molecule has 0 saturated heterocycles.